The summed E-state index contributed by atoms with van der Waals surface area (Å²) in [6.07, 6.45) is 0.673. The van der Waals surface area contributed by atoms with Gasteiger partial charge < -0.3 is 5.32 Å². The van der Waals surface area contributed by atoms with E-state index < -0.39 is 11.2 Å². The van der Waals surface area contributed by atoms with Gasteiger partial charge in [0, 0.05) is 18.7 Å². The molecule has 0 radical (unpaired) electrons. The molecule has 26 heavy (non-hydrogen) atoms. The number of amides is 1. The zero-order chi connectivity index (χ0) is 18.7. The molecule has 2 aromatic heterocycles. The molecule has 7 nitrogen and oxygen atoms in total. The van der Waals surface area contributed by atoms with E-state index in [0.29, 0.717) is 32.8 Å². The normalized spacial score (nSPS) is 10.6. The Morgan fingerprint density at radius 1 is 1.31 bits per heavy atom. The van der Waals surface area contributed by atoms with Crippen molar-refractivity contribution in [1.29, 1.82) is 5.26 Å². The van der Waals surface area contributed by atoms with Gasteiger partial charge in [-0.25, -0.2) is 4.79 Å². The fraction of sp³-hybridized carbons (Fsp3) is 0.222. The van der Waals surface area contributed by atoms with Crippen LogP contribution < -0.4 is 16.6 Å². The lowest BCUT2D eigenvalue weighted by molar-refractivity contribution is 0.103. The lowest BCUT2D eigenvalue weighted by atomic mass is 10.2. The number of nitriles is 1. The molecule has 3 aromatic rings. The number of H-pyrrole nitrogens is 1. The van der Waals surface area contributed by atoms with Gasteiger partial charge in [0.2, 0.25) is 0 Å². The highest BCUT2D eigenvalue weighted by Crippen LogP contribution is 2.27. The van der Waals surface area contributed by atoms with E-state index in [1.54, 1.807) is 19.1 Å². The molecule has 0 saturated carbocycles. The Balaban J connectivity index is 2.01. The molecule has 1 amide bonds. The van der Waals surface area contributed by atoms with E-state index >= 15 is 0 Å². The first-order valence-corrected chi connectivity index (χ1v) is 8.84. The molecule has 8 heteroatoms. The summed E-state index contributed by atoms with van der Waals surface area (Å²) in [5, 5.41) is 11.7. The minimum Gasteiger partial charge on any atom is -0.321 e. The first-order chi connectivity index (χ1) is 12.5. The lowest BCUT2D eigenvalue weighted by Gasteiger charge is -2.04. The Morgan fingerprint density at radius 2 is 2.04 bits per heavy atom. The largest absolute Gasteiger partial charge is 0.329 e. The average molecular weight is 368 g/mol. The van der Waals surface area contributed by atoms with Crippen LogP contribution in [0.15, 0.2) is 39.9 Å². The van der Waals surface area contributed by atoms with Gasteiger partial charge in [0.15, 0.2) is 0 Å². The van der Waals surface area contributed by atoms with Crippen molar-refractivity contribution in [3.05, 3.63) is 61.6 Å². The smallest absolute Gasteiger partial charge is 0.321 e. The number of nitrogens with zero attached hydrogens (tertiary/aromatic N) is 2. The SMILES string of the molecule is Cc1c(C(=O)Nc2ccccc2)sc2[nH]c(=O)n(CCCC#N)c(=O)c12. The van der Waals surface area contributed by atoms with E-state index in [-0.39, 0.29) is 18.9 Å². The summed E-state index contributed by atoms with van der Waals surface area (Å²) < 4.78 is 1.08. The molecule has 2 N–H and O–H groups in total. The van der Waals surface area contributed by atoms with Crippen molar-refractivity contribution >= 4 is 33.1 Å². The van der Waals surface area contributed by atoms with Crippen LogP contribution in [-0.4, -0.2) is 15.5 Å². The number of nitrogens with one attached hydrogen (secondary N) is 2. The molecule has 2 heterocycles. The minimum atomic E-state index is -0.531. The molecule has 0 saturated heterocycles. The Kier molecular flexibility index (Phi) is 5.00. The summed E-state index contributed by atoms with van der Waals surface area (Å²) in [6.45, 7) is 1.86. The Labute approximate surface area is 152 Å². The highest BCUT2D eigenvalue weighted by Gasteiger charge is 2.20. The number of hydrogen-bond donors (Lipinski definition) is 2. The number of hydrogen-bond acceptors (Lipinski definition) is 5. The quantitative estimate of drug-likeness (QED) is 0.675. The molecular weight excluding hydrogens is 352 g/mol. The fourth-order valence-electron chi connectivity index (χ4n) is 2.70. The van der Waals surface area contributed by atoms with Crippen LogP contribution in [0.1, 0.15) is 28.1 Å². The molecule has 132 valence electrons. The van der Waals surface area contributed by atoms with Crippen molar-refractivity contribution in [1.82, 2.24) is 9.55 Å². The Bertz CT molecular complexity index is 1120. The second kappa shape index (κ2) is 7.37. The van der Waals surface area contributed by atoms with E-state index in [2.05, 4.69) is 10.3 Å². The van der Waals surface area contributed by atoms with Gasteiger partial charge in [-0.1, -0.05) is 18.2 Å². The maximum absolute atomic E-state index is 12.7. The number of carbonyl (C=O) groups excluding carboxylic acids is 1. The summed E-state index contributed by atoms with van der Waals surface area (Å²) in [4.78, 5) is 40.8. The molecule has 1 aromatic carbocycles. The second-order valence-corrected chi connectivity index (χ2v) is 6.75. The molecule has 3 rings (SSSR count). The van der Waals surface area contributed by atoms with Gasteiger partial charge in [0.05, 0.1) is 16.3 Å². The maximum Gasteiger partial charge on any atom is 0.329 e. The minimum absolute atomic E-state index is 0.165. The Hall–Kier alpha value is -3.18. The molecule has 0 spiro atoms. The van der Waals surface area contributed by atoms with Crippen LogP contribution >= 0.6 is 11.3 Å². The van der Waals surface area contributed by atoms with Gasteiger partial charge in [-0.2, -0.15) is 5.26 Å². The van der Waals surface area contributed by atoms with E-state index in [1.165, 1.54) is 0 Å². The van der Waals surface area contributed by atoms with Gasteiger partial charge in [-0.05, 0) is 31.0 Å². The third-order valence-electron chi connectivity index (χ3n) is 3.98. The first kappa shape index (κ1) is 17.6. The van der Waals surface area contributed by atoms with Crippen molar-refractivity contribution in [2.75, 3.05) is 5.32 Å². The molecule has 0 aliphatic carbocycles. The van der Waals surface area contributed by atoms with Gasteiger partial charge in [-0.15, -0.1) is 11.3 Å². The zero-order valence-corrected chi connectivity index (χ0v) is 14.9. The summed E-state index contributed by atoms with van der Waals surface area (Å²) in [5.41, 5.74) is 0.219. The highest BCUT2D eigenvalue weighted by molar-refractivity contribution is 7.20. The lowest BCUT2D eigenvalue weighted by Crippen LogP contribution is -2.34. The Morgan fingerprint density at radius 3 is 2.73 bits per heavy atom. The number of thiophene rings is 1. The number of para-hydroxylation sites is 1. The molecule has 0 aliphatic rings. The van der Waals surface area contributed by atoms with E-state index in [1.807, 2.05) is 24.3 Å². The number of rotatable bonds is 5. The van der Waals surface area contributed by atoms with Gasteiger partial charge in [0.25, 0.3) is 11.5 Å². The molecule has 0 fully saturated rings. The van der Waals surface area contributed by atoms with E-state index in [0.717, 1.165) is 15.9 Å². The standard InChI is InChI=1S/C18H16N4O3S/c1-11-13-16(21-18(25)22(17(13)24)10-6-5-9-19)26-14(11)15(23)20-12-7-3-2-4-8-12/h2-4,7-8H,5-6,10H2,1H3,(H,20,23)(H,21,25). The van der Waals surface area contributed by atoms with Crippen molar-refractivity contribution in [3.8, 4) is 6.07 Å². The number of aromatic amines is 1. The number of aryl methyl sites for hydroxylation is 1. The zero-order valence-electron chi connectivity index (χ0n) is 14.0. The fourth-order valence-corrected chi connectivity index (χ4v) is 3.78. The molecular formula is C18H16N4O3S. The molecule has 0 unspecified atom stereocenters. The number of unbranched alkanes of at least 4 members (excludes halogenated alkanes) is 1. The van der Waals surface area contributed by atoms with E-state index in [9.17, 15) is 14.4 Å². The monoisotopic (exact) mass is 368 g/mol. The van der Waals surface area contributed by atoms with Crippen LogP contribution in [0.3, 0.4) is 0 Å². The molecule has 0 bridgehead atoms. The van der Waals surface area contributed by atoms with Crippen LogP contribution in [0.2, 0.25) is 0 Å². The molecule has 0 atom stereocenters. The van der Waals surface area contributed by atoms with Crippen molar-refractivity contribution in [3.63, 3.8) is 0 Å². The van der Waals surface area contributed by atoms with Gasteiger partial charge >= 0.3 is 5.69 Å². The average Bonchev–Trinajstić information content (AvgIpc) is 2.95. The highest BCUT2D eigenvalue weighted by atomic mass is 32.1. The predicted octanol–water partition coefficient (Wildman–Crippen LogP) is 2.62. The first-order valence-electron chi connectivity index (χ1n) is 8.02. The van der Waals surface area contributed by atoms with Crippen LogP contribution in [0.4, 0.5) is 5.69 Å². The van der Waals surface area contributed by atoms with Gasteiger partial charge in [-0.3, -0.25) is 19.1 Å². The number of fused-ring (bicyclic) bond motifs is 1. The summed E-state index contributed by atoms with van der Waals surface area (Å²) in [6, 6.07) is 11.0. The van der Waals surface area contributed by atoms with Crippen molar-refractivity contribution in [2.45, 2.75) is 26.3 Å². The number of benzene rings is 1. The summed E-state index contributed by atoms with van der Waals surface area (Å²) in [7, 11) is 0. The van der Waals surface area contributed by atoms with Crippen LogP contribution in [0.25, 0.3) is 10.2 Å². The number of aromatic nitrogens is 2. The summed E-state index contributed by atoms with van der Waals surface area (Å²) >= 11 is 1.08. The maximum atomic E-state index is 12.7. The topological polar surface area (TPSA) is 108 Å². The number of anilines is 1. The second-order valence-electron chi connectivity index (χ2n) is 5.73. The van der Waals surface area contributed by atoms with Crippen molar-refractivity contribution < 1.29 is 4.79 Å². The van der Waals surface area contributed by atoms with Crippen LogP contribution in [0.5, 0.6) is 0 Å². The third kappa shape index (κ3) is 3.30. The third-order valence-corrected chi connectivity index (χ3v) is 5.19. The predicted molar refractivity (Wildman–Crippen MR) is 101 cm³/mol. The van der Waals surface area contributed by atoms with Gasteiger partial charge in [0.1, 0.15) is 4.83 Å². The van der Waals surface area contributed by atoms with Crippen LogP contribution in [0, 0.1) is 18.3 Å². The summed E-state index contributed by atoms with van der Waals surface area (Å²) in [5.74, 6) is -0.328. The van der Waals surface area contributed by atoms with E-state index in [4.69, 9.17) is 5.26 Å². The van der Waals surface area contributed by atoms with Crippen LogP contribution in [-0.2, 0) is 6.54 Å². The number of carbonyl (C=O) groups is 1. The van der Waals surface area contributed by atoms with Crippen molar-refractivity contribution in [2.24, 2.45) is 0 Å². The molecule has 0 aliphatic heterocycles.